The van der Waals surface area contributed by atoms with Gasteiger partial charge in [0.25, 0.3) is 0 Å². The SMILES string of the molecule is c1ccc2c(c1)CC[C@@H](C1CCCCC1)N2. The fourth-order valence-corrected chi connectivity index (χ4v) is 3.35. The molecule has 16 heavy (non-hydrogen) atoms. The number of hydrogen-bond acceptors (Lipinski definition) is 1. The van der Waals surface area contributed by atoms with Gasteiger partial charge < -0.3 is 5.32 Å². The van der Waals surface area contributed by atoms with Gasteiger partial charge >= 0.3 is 0 Å². The van der Waals surface area contributed by atoms with Crippen LogP contribution >= 0.6 is 0 Å². The highest BCUT2D eigenvalue weighted by Crippen LogP contribution is 2.34. The summed E-state index contributed by atoms with van der Waals surface area (Å²) in [7, 11) is 0. The maximum absolute atomic E-state index is 3.77. The lowest BCUT2D eigenvalue weighted by atomic mass is 9.80. The van der Waals surface area contributed by atoms with Gasteiger partial charge in [-0.2, -0.15) is 0 Å². The Hall–Kier alpha value is -0.980. The minimum atomic E-state index is 0.746. The maximum Gasteiger partial charge on any atom is 0.0374 e. The molecule has 0 aromatic heterocycles. The van der Waals surface area contributed by atoms with Crippen LogP contribution in [0.25, 0.3) is 0 Å². The van der Waals surface area contributed by atoms with Gasteiger partial charge in [-0.15, -0.1) is 0 Å². The highest BCUT2D eigenvalue weighted by atomic mass is 14.9. The van der Waals surface area contributed by atoms with E-state index in [4.69, 9.17) is 0 Å². The fraction of sp³-hybridized carbons (Fsp3) is 0.600. The third-order valence-corrected chi connectivity index (χ3v) is 4.30. The van der Waals surface area contributed by atoms with Gasteiger partial charge in [-0.25, -0.2) is 0 Å². The topological polar surface area (TPSA) is 12.0 Å². The van der Waals surface area contributed by atoms with Crippen LogP contribution in [0, 0.1) is 5.92 Å². The molecule has 1 saturated carbocycles. The van der Waals surface area contributed by atoms with E-state index >= 15 is 0 Å². The Bertz CT molecular complexity index is 352. The molecule has 1 aromatic rings. The lowest BCUT2D eigenvalue weighted by molar-refractivity contribution is 0.305. The zero-order valence-corrected chi connectivity index (χ0v) is 9.91. The number of fused-ring (bicyclic) bond motifs is 1. The van der Waals surface area contributed by atoms with E-state index in [9.17, 15) is 0 Å². The first-order valence-electron chi connectivity index (χ1n) is 6.78. The summed E-state index contributed by atoms with van der Waals surface area (Å²) in [5.74, 6) is 0.933. The summed E-state index contributed by atoms with van der Waals surface area (Å²) in [6.45, 7) is 0. The second-order valence-electron chi connectivity index (χ2n) is 5.34. The summed E-state index contributed by atoms with van der Waals surface area (Å²) >= 11 is 0. The monoisotopic (exact) mass is 215 g/mol. The molecule has 2 aliphatic rings. The Labute approximate surface area is 98.3 Å². The average molecular weight is 215 g/mol. The van der Waals surface area contributed by atoms with Gasteiger partial charge in [-0.05, 0) is 43.2 Å². The van der Waals surface area contributed by atoms with Crippen LogP contribution in [-0.4, -0.2) is 6.04 Å². The van der Waals surface area contributed by atoms with Gasteiger partial charge in [0.1, 0.15) is 0 Å². The number of benzene rings is 1. The van der Waals surface area contributed by atoms with Gasteiger partial charge in [0, 0.05) is 11.7 Å². The lowest BCUT2D eigenvalue weighted by Gasteiger charge is -2.35. The molecule has 1 N–H and O–H groups in total. The summed E-state index contributed by atoms with van der Waals surface area (Å²) in [6, 6.07) is 9.55. The predicted octanol–water partition coefficient (Wildman–Crippen LogP) is 3.99. The Morgan fingerprint density at radius 1 is 0.938 bits per heavy atom. The first-order chi connectivity index (χ1) is 7.93. The Kier molecular flexibility index (Phi) is 2.86. The Balaban J connectivity index is 1.72. The third-order valence-electron chi connectivity index (χ3n) is 4.30. The first kappa shape index (κ1) is 10.2. The highest BCUT2D eigenvalue weighted by molar-refractivity contribution is 5.53. The fourth-order valence-electron chi connectivity index (χ4n) is 3.35. The molecule has 1 nitrogen and oxygen atoms in total. The average Bonchev–Trinajstić information content (AvgIpc) is 2.39. The molecule has 1 heterocycles. The molecule has 1 aliphatic heterocycles. The first-order valence-corrected chi connectivity index (χ1v) is 6.78. The van der Waals surface area contributed by atoms with Crippen LogP contribution in [-0.2, 0) is 6.42 Å². The summed E-state index contributed by atoms with van der Waals surface area (Å²) in [5, 5.41) is 3.77. The largest absolute Gasteiger partial charge is 0.382 e. The maximum atomic E-state index is 3.77. The van der Waals surface area contributed by atoms with Crippen LogP contribution in [0.1, 0.15) is 44.1 Å². The van der Waals surface area contributed by atoms with Crippen LogP contribution in [0.5, 0.6) is 0 Å². The van der Waals surface area contributed by atoms with Gasteiger partial charge in [0.15, 0.2) is 0 Å². The standard InChI is InChI=1S/C15H21N/c1-2-6-12(7-3-1)15-11-10-13-8-4-5-9-14(13)16-15/h4-5,8-9,12,15-16H,1-3,6-7,10-11H2/t15-/m0/s1. The molecular formula is C15H21N. The lowest BCUT2D eigenvalue weighted by Crippen LogP contribution is -2.34. The van der Waals surface area contributed by atoms with E-state index in [-0.39, 0.29) is 0 Å². The number of rotatable bonds is 1. The quantitative estimate of drug-likeness (QED) is 0.746. The van der Waals surface area contributed by atoms with Gasteiger partial charge in [-0.1, -0.05) is 37.5 Å². The van der Waals surface area contributed by atoms with E-state index in [2.05, 4.69) is 29.6 Å². The molecular weight excluding hydrogens is 194 g/mol. The molecule has 0 saturated heterocycles. The van der Waals surface area contributed by atoms with Crippen molar-refractivity contribution >= 4 is 5.69 Å². The van der Waals surface area contributed by atoms with Crippen molar-refractivity contribution in [2.45, 2.75) is 51.0 Å². The van der Waals surface area contributed by atoms with E-state index in [0.29, 0.717) is 0 Å². The smallest absolute Gasteiger partial charge is 0.0374 e. The van der Waals surface area contributed by atoms with Gasteiger partial charge in [0.2, 0.25) is 0 Å². The molecule has 1 fully saturated rings. The van der Waals surface area contributed by atoms with Crippen LogP contribution in [0.2, 0.25) is 0 Å². The molecule has 0 spiro atoms. The molecule has 1 aromatic carbocycles. The number of nitrogens with one attached hydrogen (secondary N) is 1. The van der Waals surface area contributed by atoms with E-state index in [1.54, 1.807) is 0 Å². The number of aryl methyl sites for hydroxylation is 1. The third kappa shape index (κ3) is 1.95. The van der Waals surface area contributed by atoms with E-state index in [0.717, 1.165) is 12.0 Å². The zero-order valence-electron chi connectivity index (χ0n) is 9.91. The number of para-hydroxylation sites is 1. The number of hydrogen-bond donors (Lipinski definition) is 1. The summed E-state index contributed by atoms with van der Waals surface area (Å²) < 4.78 is 0. The molecule has 1 atom stereocenters. The van der Waals surface area contributed by atoms with Crippen LogP contribution in [0.15, 0.2) is 24.3 Å². The second-order valence-corrected chi connectivity index (χ2v) is 5.34. The molecule has 1 aliphatic carbocycles. The van der Waals surface area contributed by atoms with Crippen molar-refractivity contribution < 1.29 is 0 Å². The van der Waals surface area contributed by atoms with E-state index < -0.39 is 0 Å². The minimum absolute atomic E-state index is 0.746. The second kappa shape index (κ2) is 4.48. The van der Waals surface area contributed by atoms with Crippen LogP contribution < -0.4 is 5.32 Å². The molecule has 1 heteroatoms. The Morgan fingerprint density at radius 3 is 2.62 bits per heavy atom. The predicted molar refractivity (Wildman–Crippen MR) is 68.7 cm³/mol. The van der Waals surface area contributed by atoms with Crippen molar-refractivity contribution in [3.05, 3.63) is 29.8 Å². The molecule has 0 amide bonds. The van der Waals surface area contributed by atoms with E-state index in [1.165, 1.54) is 56.2 Å². The number of anilines is 1. The minimum Gasteiger partial charge on any atom is -0.382 e. The van der Waals surface area contributed by atoms with Crippen molar-refractivity contribution in [2.24, 2.45) is 5.92 Å². The van der Waals surface area contributed by atoms with Crippen LogP contribution in [0.4, 0.5) is 5.69 Å². The van der Waals surface area contributed by atoms with Gasteiger partial charge in [0.05, 0.1) is 0 Å². The highest BCUT2D eigenvalue weighted by Gasteiger charge is 2.26. The molecule has 86 valence electrons. The summed E-state index contributed by atoms with van der Waals surface area (Å²) in [6.07, 6.45) is 9.85. The zero-order chi connectivity index (χ0) is 10.8. The van der Waals surface area contributed by atoms with Crippen LogP contribution in [0.3, 0.4) is 0 Å². The van der Waals surface area contributed by atoms with Crippen molar-refractivity contribution in [3.63, 3.8) is 0 Å². The molecule has 0 unspecified atom stereocenters. The molecule has 3 rings (SSSR count). The molecule has 0 radical (unpaired) electrons. The van der Waals surface area contributed by atoms with Crippen molar-refractivity contribution in [3.8, 4) is 0 Å². The van der Waals surface area contributed by atoms with Crippen molar-refractivity contribution in [1.82, 2.24) is 0 Å². The van der Waals surface area contributed by atoms with Crippen molar-refractivity contribution in [1.29, 1.82) is 0 Å². The van der Waals surface area contributed by atoms with E-state index in [1.807, 2.05) is 0 Å². The molecule has 0 bridgehead atoms. The summed E-state index contributed by atoms with van der Waals surface area (Å²) in [5.41, 5.74) is 2.90. The van der Waals surface area contributed by atoms with Crippen molar-refractivity contribution in [2.75, 3.05) is 5.32 Å². The Morgan fingerprint density at radius 2 is 1.75 bits per heavy atom. The normalized spacial score (nSPS) is 25.9. The van der Waals surface area contributed by atoms with Gasteiger partial charge in [-0.3, -0.25) is 0 Å². The summed E-state index contributed by atoms with van der Waals surface area (Å²) in [4.78, 5) is 0.